The van der Waals surface area contributed by atoms with Crippen LogP contribution in [0.15, 0.2) is 54.1 Å². The molecule has 2 aromatic carbocycles. The summed E-state index contributed by atoms with van der Waals surface area (Å²) in [5.74, 6) is -0.143. The highest BCUT2D eigenvalue weighted by atomic mass is 35.5. The molecule has 2 aromatic rings. The minimum absolute atomic E-state index is 0.303. The topological polar surface area (TPSA) is 58.6 Å². The molecule has 0 radical (unpaired) electrons. The Labute approximate surface area is 146 Å². The number of anilines is 1. The molecule has 0 aliphatic rings. The molecule has 0 saturated heterocycles. The van der Waals surface area contributed by atoms with Crippen molar-refractivity contribution in [1.29, 1.82) is 0 Å². The molecule has 0 heterocycles. The standard InChI is InChI=1S/C19H20ClNO3/c1-14(19(22)23)13-15-3-9-18(10-4-15)24-12-2-11-21-17-7-5-16(20)6-8-17/h3-10,13,21H,2,11-12H2,1H3,(H,22,23)/b14-13+. The van der Waals surface area contributed by atoms with Crippen LogP contribution in [0.25, 0.3) is 6.08 Å². The number of carboxylic acid groups (broad SMARTS) is 1. The van der Waals surface area contributed by atoms with E-state index in [2.05, 4.69) is 5.32 Å². The van der Waals surface area contributed by atoms with Crippen LogP contribution in [0, 0.1) is 0 Å². The van der Waals surface area contributed by atoms with Gasteiger partial charge in [-0.2, -0.15) is 0 Å². The molecule has 0 saturated carbocycles. The Kier molecular flexibility index (Phi) is 6.70. The van der Waals surface area contributed by atoms with E-state index < -0.39 is 5.97 Å². The highest BCUT2D eigenvalue weighted by Crippen LogP contribution is 2.15. The number of hydrogen-bond acceptors (Lipinski definition) is 3. The Bertz CT molecular complexity index is 694. The molecule has 126 valence electrons. The zero-order valence-corrected chi connectivity index (χ0v) is 14.2. The summed E-state index contributed by atoms with van der Waals surface area (Å²) in [6.07, 6.45) is 2.49. The first kappa shape index (κ1) is 17.9. The summed E-state index contributed by atoms with van der Waals surface area (Å²) < 4.78 is 5.67. The van der Waals surface area contributed by atoms with E-state index in [1.807, 2.05) is 48.5 Å². The Hall–Kier alpha value is -2.46. The van der Waals surface area contributed by atoms with Gasteiger partial charge in [0.2, 0.25) is 0 Å². The van der Waals surface area contributed by atoms with Crippen molar-refractivity contribution in [3.05, 3.63) is 64.7 Å². The number of carboxylic acids is 1. The first-order chi connectivity index (χ1) is 11.5. The van der Waals surface area contributed by atoms with E-state index in [1.165, 1.54) is 0 Å². The van der Waals surface area contributed by atoms with Gasteiger partial charge in [-0.25, -0.2) is 4.79 Å². The molecule has 0 aliphatic heterocycles. The lowest BCUT2D eigenvalue weighted by Crippen LogP contribution is -2.07. The van der Waals surface area contributed by atoms with Gasteiger partial charge in [-0.1, -0.05) is 23.7 Å². The summed E-state index contributed by atoms with van der Waals surface area (Å²) in [4.78, 5) is 10.8. The van der Waals surface area contributed by atoms with E-state index in [-0.39, 0.29) is 0 Å². The molecule has 5 heteroatoms. The molecule has 0 aromatic heterocycles. The van der Waals surface area contributed by atoms with Crippen LogP contribution in [0.3, 0.4) is 0 Å². The first-order valence-electron chi connectivity index (χ1n) is 7.68. The lowest BCUT2D eigenvalue weighted by molar-refractivity contribution is -0.132. The minimum Gasteiger partial charge on any atom is -0.494 e. The summed E-state index contributed by atoms with van der Waals surface area (Å²) in [5, 5.41) is 12.9. The van der Waals surface area contributed by atoms with Crippen LogP contribution in [-0.2, 0) is 4.79 Å². The predicted molar refractivity (Wildman–Crippen MR) is 97.8 cm³/mol. The average Bonchev–Trinajstić information content (AvgIpc) is 2.57. The zero-order chi connectivity index (χ0) is 17.4. The van der Waals surface area contributed by atoms with Crippen molar-refractivity contribution in [3.63, 3.8) is 0 Å². The minimum atomic E-state index is -0.913. The number of carbonyl (C=O) groups is 1. The van der Waals surface area contributed by atoms with Gasteiger partial charge >= 0.3 is 5.97 Å². The van der Waals surface area contributed by atoms with E-state index in [9.17, 15) is 4.79 Å². The van der Waals surface area contributed by atoms with Gasteiger partial charge in [0.1, 0.15) is 5.75 Å². The van der Waals surface area contributed by atoms with Gasteiger partial charge in [0.05, 0.1) is 6.61 Å². The van der Waals surface area contributed by atoms with Gasteiger partial charge in [-0.05, 0) is 61.4 Å². The zero-order valence-electron chi connectivity index (χ0n) is 13.5. The highest BCUT2D eigenvalue weighted by molar-refractivity contribution is 6.30. The van der Waals surface area contributed by atoms with Crippen LogP contribution < -0.4 is 10.1 Å². The van der Waals surface area contributed by atoms with Crippen molar-refractivity contribution >= 4 is 29.3 Å². The number of halogens is 1. The molecular formula is C19H20ClNO3. The summed E-state index contributed by atoms with van der Waals surface area (Å²) in [7, 11) is 0. The smallest absolute Gasteiger partial charge is 0.331 e. The van der Waals surface area contributed by atoms with Crippen LogP contribution in [0.5, 0.6) is 5.75 Å². The summed E-state index contributed by atoms with van der Waals surface area (Å²) in [5.41, 5.74) is 2.17. The number of rotatable bonds is 8. The molecule has 0 amide bonds. The van der Waals surface area contributed by atoms with E-state index in [0.29, 0.717) is 12.2 Å². The van der Waals surface area contributed by atoms with Crippen LogP contribution in [0.2, 0.25) is 5.02 Å². The van der Waals surface area contributed by atoms with E-state index >= 15 is 0 Å². The van der Waals surface area contributed by atoms with Crippen molar-refractivity contribution in [2.24, 2.45) is 0 Å². The number of nitrogens with one attached hydrogen (secondary N) is 1. The monoisotopic (exact) mass is 345 g/mol. The lowest BCUT2D eigenvalue weighted by atomic mass is 10.1. The number of ether oxygens (including phenoxy) is 1. The molecular weight excluding hydrogens is 326 g/mol. The van der Waals surface area contributed by atoms with Crippen molar-refractivity contribution in [3.8, 4) is 5.75 Å². The maximum absolute atomic E-state index is 10.8. The van der Waals surface area contributed by atoms with Gasteiger partial charge in [-0.15, -0.1) is 0 Å². The fourth-order valence-corrected chi connectivity index (χ4v) is 2.16. The molecule has 0 bridgehead atoms. The molecule has 4 nitrogen and oxygen atoms in total. The molecule has 2 rings (SSSR count). The molecule has 0 atom stereocenters. The Morgan fingerprint density at radius 2 is 1.83 bits per heavy atom. The van der Waals surface area contributed by atoms with Crippen molar-refractivity contribution < 1.29 is 14.6 Å². The van der Waals surface area contributed by atoms with E-state index in [1.54, 1.807) is 13.0 Å². The molecule has 24 heavy (non-hydrogen) atoms. The third kappa shape index (κ3) is 5.97. The third-order valence-corrected chi connectivity index (χ3v) is 3.62. The van der Waals surface area contributed by atoms with Gasteiger partial charge < -0.3 is 15.2 Å². The van der Waals surface area contributed by atoms with Gasteiger partial charge in [0, 0.05) is 22.8 Å². The Morgan fingerprint density at radius 1 is 1.17 bits per heavy atom. The highest BCUT2D eigenvalue weighted by Gasteiger charge is 2.00. The number of aliphatic carboxylic acids is 1. The molecule has 0 unspecified atom stereocenters. The average molecular weight is 346 g/mol. The normalized spacial score (nSPS) is 11.2. The van der Waals surface area contributed by atoms with Crippen LogP contribution in [0.4, 0.5) is 5.69 Å². The fourth-order valence-electron chi connectivity index (χ4n) is 2.03. The second-order valence-corrected chi connectivity index (χ2v) is 5.77. The van der Waals surface area contributed by atoms with Crippen LogP contribution in [-0.4, -0.2) is 24.2 Å². The fraction of sp³-hybridized carbons (Fsp3) is 0.211. The maximum Gasteiger partial charge on any atom is 0.331 e. The first-order valence-corrected chi connectivity index (χ1v) is 8.06. The molecule has 0 aliphatic carbocycles. The molecule has 2 N–H and O–H groups in total. The lowest BCUT2D eigenvalue weighted by Gasteiger charge is -2.08. The summed E-state index contributed by atoms with van der Waals surface area (Å²) >= 11 is 5.84. The Morgan fingerprint density at radius 3 is 2.46 bits per heavy atom. The van der Waals surface area contributed by atoms with Crippen LogP contribution in [0.1, 0.15) is 18.9 Å². The second kappa shape index (κ2) is 8.99. The SMILES string of the molecule is C/C(=C\c1ccc(OCCCNc2ccc(Cl)cc2)cc1)C(=O)O. The van der Waals surface area contributed by atoms with Crippen molar-refractivity contribution in [2.45, 2.75) is 13.3 Å². The summed E-state index contributed by atoms with van der Waals surface area (Å²) in [6, 6.07) is 14.9. The largest absolute Gasteiger partial charge is 0.494 e. The number of benzene rings is 2. The quantitative estimate of drug-likeness (QED) is 0.537. The molecule has 0 spiro atoms. The van der Waals surface area contributed by atoms with Gasteiger partial charge in [0.15, 0.2) is 0 Å². The summed E-state index contributed by atoms with van der Waals surface area (Å²) in [6.45, 7) is 2.98. The van der Waals surface area contributed by atoms with Gasteiger partial charge in [0.25, 0.3) is 0 Å². The maximum atomic E-state index is 10.8. The van der Waals surface area contributed by atoms with Crippen molar-refractivity contribution in [1.82, 2.24) is 0 Å². The van der Waals surface area contributed by atoms with E-state index in [4.69, 9.17) is 21.4 Å². The third-order valence-electron chi connectivity index (χ3n) is 3.36. The Balaban J connectivity index is 1.71. The van der Waals surface area contributed by atoms with Crippen LogP contribution >= 0.6 is 11.6 Å². The van der Waals surface area contributed by atoms with Crippen molar-refractivity contribution in [2.75, 3.05) is 18.5 Å². The predicted octanol–water partition coefficient (Wildman–Crippen LogP) is 4.71. The number of hydrogen-bond donors (Lipinski definition) is 2. The van der Waals surface area contributed by atoms with E-state index in [0.717, 1.165) is 35.0 Å². The molecule has 0 fully saturated rings. The second-order valence-electron chi connectivity index (χ2n) is 5.34. The van der Waals surface area contributed by atoms with Gasteiger partial charge in [-0.3, -0.25) is 0 Å².